The molecule has 0 saturated heterocycles. The molecule has 0 aliphatic carbocycles. The van der Waals surface area contributed by atoms with E-state index < -0.39 is 5.97 Å². The molecule has 0 atom stereocenters. The minimum atomic E-state index is -0.521. The molecule has 1 aromatic carbocycles. The Morgan fingerprint density at radius 2 is 1.91 bits per heavy atom. The largest absolute Gasteiger partial charge is 0.497 e. The molecule has 1 N–H and O–H groups in total. The number of methoxy groups -OCH3 is 1. The van der Waals surface area contributed by atoms with Gasteiger partial charge < -0.3 is 14.8 Å². The van der Waals surface area contributed by atoms with Gasteiger partial charge in [0.15, 0.2) is 0 Å². The smallest absolute Gasteiger partial charge is 0.325 e. The maximum Gasteiger partial charge on any atom is 0.325 e. The van der Waals surface area contributed by atoms with Crippen LogP contribution in [-0.4, -0.2) is 30.5 Å². The predicted molar refractivity (Wildman–Crippen MR) is 79.4 cm³/mol. The van der Waals surface area contributed by atoms with Gasteiger partial charge in [0, 0.05) is 11.8 Å². The number of ether oxygens (including phenoxy) is 2. The normalized spacial score (nSPS) is 9.86. The van der Waals surface area contributed by atoms with Crippen molar-refractivity contribution in [3.05, 3.63) is 59.9 Å². The van der Waals surface area contributed by atoms with Gasteiger partial charge in [0.05, 0.1) is 12.8 Å². The predicted octanol–water partition coefficient (Wildman–Crippen LogP) is 1.56. The molecular weight excluding hydrogens is 284 g/mol. The van der Waals surface area contributed by atoms with Gasteiger partial charge in [0.25, 0.3) is 5.91 Å². The van der Waals surface area contributed by atoms with Crippen molar-refractivity contribution in [1.82, 2.24) is 10.3 Å². The van der Waals surface area contributed by atoms with E-state index in [0.29, 0.717) is 17.0 Å². The summed E-state index contributed by atoms with van der Waals surface area (Å²) in [5.74, 6) is -0.212. The Kier molecular flexibility index (Phi) is 5.48. The van der Waals surface area contributed by atoms with E-state index in [1.54, 1.807) is 49.7 Å². The number of pyridine rings is 1. The van der Waals surface area contributed by atoms with Crippen molar-refractivity contribution in [2.75, 3.05) is 13.7 Å². The quantitative estimate of drug-likeness (QED) is 0.819. The van der Waals surface area contributed by atoms with Crippen molar-refractivity contribution in [3.63, 3.8) is 0 Å². The molecule has 0 aliphatic heterocycles. The fourth-order valence-corrected chi connectivity index (χ4v) is 1.69. The Bertz CT molecular complexity index is 626. The molecule has 0 aliphatic rings. The van der Waals surface area contributed by atoms with Crippen LogP contribution in [0.25, 0.3) is 0 Å². The van der Waals surface area contributed by atoms with Crippen LogP contribution in [0.5, 0.6) is 5.75 Å². The molecule has 22 heavy (non-hydrogen) atoms. The molecule has 6 heteroatoms. The summed E-state index contributed by atoms with van der Waals surface area (Å²) in [5.41, 5.74) is 1.09. The maximum atomic E-state index is 11.9. The number of nitrogens with one attached hydrogen (secondary N) is 1. The van der Waals surface area contributed by atoms with Crippen molar-refractivity contribution >= 4 is 11.9 Å². The summed E-state index contributed by atoms with van der Waals surface area (Å²) in [6.07, 6.45) is 1.62. The second-order valence-corrected chi connectivity index (χ2v) is 4.39. The molecular formula is C16H16N2O4. The lowest BCUT2D eigenvalue weighted by molar-refractivity contribution is -0.143. The zero-order valence-corrected chi connectivity index (χ0v) is 12.1. The molecule has 0 radical (unpaired) electrons. The van der Waals surface area contributed by atoms with Gasteiger partial charge in [0.2, 0.25) is 0 Å². The van der Waals surface area contributed by atoms with E-state index in [0.717, 1.165) is 0 Å². The van der Waals surface area contributed by atoms with E-state index in [4.69, 9.17) is 9.47 Å². The van der Waals surface area contributed by atoms with Crippen LogP contribution in [0.2, 0.25) is 0 Å². The molecule has 0 unspecified atom stereocenters. The Morgan fingerprint density at radius 1 is 1.14 bits per heavy atom. The number of rotatable bonds is 6. The highest BCUT2D eigenvalue weighted by Crippen LogP contribution is 2.10. The van der Waals surface area contributed by atoms with Crippen LogP contribution < -0.4 is 10.1 Å². The molecule has 0 saturated carbocycles. The van der Waals surface area contributed by atoms with Gasteiger partial charge in [-0.2, -0.15) is 0 Å². The third-order valence-corrected chi connectivity index (χ3v) is 2.85. The number of benzene rings is 1. The lowest BCUT2D eigenvalue weighted by atomic mass is 10.2. The molecule has 114 valence electrons. The van der Waals surface area contributed by atoms with E-state index in [-0.39, 0.29) is 19.1 Å². The first kappa shape index (κ1) is 15.5. The van der Waals surface area contributed by atoms with E-state index in [1.165, 1.54) is 0 Å². The van der Waals surface area contributed by atoms with Gasteiger partial charge in [-0.1, -0.05) is 6.07 Å². The van der Waals surface area contributed by atoms with Crippen LogP contribution in [-0.2, 0) is 16.1 Å². The molecule has 0 spiro atoms. The molecule has 0 fully saturated rings. The molecule has 1 amide bonds. The van der Waals surface area contributed by atoms with E-state index in [9.17, 15) is 9.59 Å². The first-order valence-corrected chi connectivity index (χ1v) is 6.67. The van der Waals surface area contributed by atoms with Crippen LogP contribution in [0.1, 0.15) is 16.1 Å². The van der Waals surface area contributed by atoms with Crippen LogP contribution in [0.3, 0.4) is 0 Å². The topological polar surface area (TPSA) is 77.5 Å². The summed E-state index contributed by atoms with van der Waals surface area (Å²) in [6, 6.07) is 11.9. The van der Waals surface area contributed by atoms with Crippen LogP contribution >= 0.6 is 0 Å². The van der Waals surface area contributed by atoms with Crippen LogP contribution in [0.4, 0.5) is 0 Å². The summed E-state index contributed by atoms with van der Waals surface area (Å²) in [6.45, 7) is -0.115. The lowest BCUT2D eigenvalue weighted by Crippen LogP contribution is -2.30. The SMILES string of the molecule is COc1ccc(C(=O)NCC(=O)OCc2ccccn2)cc1. The molecule has 0 bridgehead atoms. The standard InChI is InChI=1S/C16H16N2O4/c1-21-14-7-5-12(6-8-14)16(20)18-10-15(19)22-11-13-4-2-3-9-17-13/h2-9H,10-11H2,1H3,(H,18,20). The minimum Gasteiger partial charge on any atom is -0.497 e. The molecule has 2 aromatic rings. The number of amides is 1. The zero-order valence-electron chi connectivity index (χ0n) is 12.1. The minimum absolute atomic E-state index is 0.0814. The summed E-state index contributed by atoms with van der Waals surface area (Å²) in [4.78, 5) is 27.5. The zero-order chi connectivity index (χ0) is 15.8. The van der Waals surface area contributed by atoms with E-state index in [2.05, 4.69) is 10.3 Å². The van der Waals surface area contributed by atoms with E-state index in [1.807, 2.05) is 6.07 Å². The maximum absolute atomic E-state index is 11.9. The Morgan fingerprint density at radius 3 is 2.55 bits per heavy atom. The highest BCUT2D eigenvalue weighted by atomic mass is 16.5. The fraction of sp³-hybridized carbons (Fsp3) is 0.188. The summed E-state index contributed by atoms with van der Waals surface area (Å²) >= 11 is 0. The van der Waals surface area contributed by atoms with Crippen molar-refractivity contribution in [2.45, 2.75) is 6.61 Å². The average Bonchev–Trinajstić information content (AvgIpc) is 2.58. The summed E-state index contributed by atoms with van der Waals surface area (Å²) in [5, 5.41) is 2.50. The number of esters is 1. The first-order chi connectivity index (χ1) is 10.7. The molecule has 6 nitrogen and oxygen atoms in total. The first-order valence-electron chi connectivity index (χ1n) is 6.67. The van der Waals surface area contributed by atoms with E-state index >= 15 is 0 Å². The molecule has 1 aromatic heterocycles. The number of hydrogen-bond donors (Lipinski definition) is 1. The summed E-state index contributed by atoms with van der Waals surface area (Å²) in [7, 11) is 1.55. The van der Waals surface area contributed by atoms with Crippen LogP contribution in [0, 0.1) is 0 Å². The second-order valence-electron chi connectivity index (χ2n) is 4.39. The summed E-state index contributed by atoms with van der Waals surface area (Å²) < 4.78 is 10.0. The lowest BCUT2D eigenvalue weighted by Gasteiger charge is -2.07. The van der Waals surface area contributed by atoms with Crippen molar-refractivity contribution < 1.29 is 19.1 Å². The van der Waals surface area contributed by atoms with Gasteiger partial charge in [-0.25, -0.2) is 0 Å². The Labute approximate surface area is 128 Å². The monoisotopic (exact) mass is 300 g/mol. The number of aromatic nitrogens is 1. The highest BCUT2D eigenvalue weighted by Gasteiger charge is 2.09. The number of hydrogen-bond acceptors (Lipinski definition) is 5. The molecule has 1 heterocycles. The number of carbonyl (C=O) groups is 2. The van der Waals surface area contributed by atoms with Gasteiger partial charge >= 0.3 is 5.97 Å². The number of nitrogens with zero attached hydrogens (tertiary/aromatic N) is 1. The number of carbonyl (C=O) groups excluding carboxylic acids is 2. The molecule has 2 rings (SSSR count). The average molecular weight is 300 g/mol. The van der Waals surface area contributed by atoms with Crippen LogP contribution in [0.15, 0.2) is 48.7 Å². The fourth-order valence-electron chi connectivity index (χ4n) is 1.69. The van der Waals surface area contributed by atoms with Gasteiger partial charge in [-0.3, -0.25) is 14.6 Å². The van der Waals surface area contributed by atoms with Crippen molar-refractivity contribution in [3.8, 4) is 5.75 Å². The highest BCUT2D eigenvalue weighted by molar-refractivity contribution is 5.95. The van der Waals surface area contributed by atoms with Crippen molar-refractivity contribution in [2.24, 2.45) is 0 Å². The van der Waals surface area contributed by atoms with Crippen molar-refractivity contribution in [1.29, 1.82) is 0 Å². The third kappa shape index (κ3) is 4.59. The third-order valence-electron chi connectivity index (χ3n) is 2.85. The van der Waals surface area contributed by atoms with Gasteiger partial charge in [-0.15, -0.1) is 0 Å². The second kappa shape index (κ2) is 7.78. The van der Waals surface area contributed by atoms with Gasteiger partial charge in [-0.05, 0) is 36.4 Å². The Hall–Kier alpha value is -2.89. The Balaban J connectivity index is 1.76. The van der Waals surface area contributed by atoms with Gasteiger partial charge in [0.1, 0.15) is 18.9 Å².